The van der Waals surface area contributed by atoms with Crippen LogP contribution in [0, 0.1) is 0 Å². The first-order valence-corrected chi connectivity index (χ1v) is 8.44. The number of nitrogens with zero attached hydrogens (tertiary/aromatic N) is 1. The molecule has 1 aromatic rings. The van der Waals surface area contributed by atoms with Gasteiger partial charge in [0.15, 0.2) is 0 Å². The highest BCUT2D eigenvalue weighted by atomic mass is 35.5. The van der Waals surface area contributed by atoms with Crippen LogP contribution in [0.25, 0.3) is 0 Å². The highest BCUT2D eigenvalue weighted by Crippen LogP contribution is 2.22. The zero-order valence-corrected chi connectivity index (χ0v) is 13.6. The maximum Gasteiger partial charge on any atom is 0.119 e. The quantitative estimate of drug-likeness (QED) is 0.679. The lowest BCUT2D eigenvalue weighted by molar-refractivity contribution is 0.137. The summed E-state index contributed by atoms with van der Waals surface area (Å²) in [4.78, 5) is 2.50. The number of hydrogen-bond acceptors (Lipinski definition) is 3. The van der Waals surface area contributed by atoms with Crippen molar-refractivity contribution in [2.75, 3.05) is 32.7 Å². The normalized spacial score (nSPS) is 16.1. The van der Waals surface area contributed by atoms with Gasteiger partial charge in [-0.1, -0.05) is 19.3 Å². The largest absolute Gasteiger partial charge is 0.497 e. The first-order chi connectivity index (χ1) is 10.3. The van der Waals surface area contributed by atoms with E-state index in [1.165, 1.54) is 32.1 Å². The minimum absolute atomic E-state index is 0.692. The predicted octanol–water partition coefficient (Wildman–Crippen LogP) is 3.95. The highest BCUT2D eigenvalue weighted by molar-refractivity contribution is 6.18. The fraction of sp³-hybridized carbons (Fsp3) is 0.647. The number of alkyl halides is 1. The van der Waals surface area contributed by atoms with Gasteiger partial charge in [0.25, 0.3) is 0 Å². The monoisotopic (exact) mass is 311 g/mol. The average Bonchev–Trinajstić information content (AvgIpc) is 2.55. The first-order valence-electron chi connectivity index (χ1n) is 7.90. The molecule has 0 heterocycles. The second-order valence-electron chi connectivity index (χ2n) is 5.54. The standard InChI is InChI=1S/C17H26ClNO2/c1-20-16-7-9-17(10-8-16)21-14-13-19(12-11-18)15-5-3-2-4-6-15/h7-10,15H,2-6,11-14H2,1H3. The van der Waals surface area contributed by atoms with Crippen molar-refractivity contribution < 1.29 is 9.47 Å². The Hall–Kier alpha value is -0.930. The lowest BCUT2D eigenvalue weighted by atomic mass is 9.94. The predicted molar refractivity (Wildman–Crippen MR) is 87.7 cm³/mol. The van der Waals surface area contributed by atoms with E-state index >= 15 is 0 Å². The molecular formula is C17H26ClNO2. The van der Waals surface area contributed by atoms with Gasteiger partial charge in [0.05, 0.1) is 7.11 Å². The van der Waals surface area contributed by atoms with Gasteiger partial charge in [0, 0.05) is 25.0 Å². The molecule has 1 aromatic carbocycles. The number of rotatable bonds is 8. The number of ether oxygens (including phenoxy) is 2. The van der Waals surface area contributed by atoms with Gasteiger partial charge in [-0.2, -0.15) is 0 Å². The molecule has 1 aliphatic carbocycles. The zero-order chi connectivity index (χ0) is 14.9. The van der Waals surface area contributed by atoms with E-state index < -0.39 is 0 Å². The third kappa shape index (κ3) is 5.40. The van der Waals surface area contributed by atoms with E-state index in [-0.39, 0.29) is 0 Å². The summed E-state index contributed by atoms with van der Waals surface area (Å²) in [5.74, 6) is 2.44. The van der Waals surface area contributed by atoms with Crippen molar-refractivity contribution in [1.29, 1.82) is 0 Å². The van der Waals surface area contributed by atoms with Gasteiger partial charge >= 0.3 is 0 Å². The molecule has 118 valence electrons. The van der Waals surface area contributed by atoms with Crippen LogP contribution in [0.1, 0.15) is 32.1 Å². The van der Waals surface area contributed by atoms with E-state index in [2.05, 4.69) is 4.90 Å². The van der Waals surface area contributed by atoms with Crippen LogP contribution in [0.15, 0.2) is 24.3 Å². The molecule has 2 rings (SSSR count). The number of hydrogen-bond donors (Lipinski definition) is 0. The molecule has 0 unspecified atom stereocenters. The van der Waals surface area contributed by atoms with Crippen LogP contribution in [0.2, 0.25) is 0 Å². The molecule has 21 heavy (non-hydrogen) atoms. The molecule has 0 aromatic heterocycles. The van der Waals surface area contributed by atoms with Gasteiger partial charge in [-0.15, -0.1) is 11.6 Å². The molecule has 0 N–H and O–H groups in total. The summed E-state index contributed by atoms with van der Waals surface area (Å²) in [7, 11) is 1.67. The van der Waals surface area contributed by atoms with Crippen LogP contribution in [0.3, 0.4) is 0 Å². The van der Waals surface area contributed by atoms with Gasteiger partial charge in [-0.05, 0) is 37.1 Å². The Balaban J connectivity index is 1.77. The number of methoxy groups -OCH3 is 1. The van der Waals surface area contributed by atoms with Crippen molar-refractivity contribution in [3.63, 3.8) is 0 Å². The van der Waals surface area contributed by atoms with Crippen LogP contribution in [0.4, 0.5) is 0 Å². The van der Waals surface area contributed by atoms with Gasteiger partial charge in [0.2, 0.25) is 0 Å². The van der Waals surface area contributed by atoms with Crippen molar-refractivity contribution >= 4 is 11.6 Å². The zero-order valence-electron chi connectivity index (χ0n) is 12.9. The lowest BCUT2D eigenvalue weighted by Crippen LogP contribution is -2.40. The fourth-order valence-electron chi connectivity index (χ4n) is 2.98. The lowest BCUT2D eigenvalue weighted by Gasteiger charge is -2.33. The van der Waals surface area contributed by atoms with Crippen molar-refractivity contribution in [3.8, 4) is 11.5 Å². The van der Waals surface area contributed by atoms with E-state index in [0.717, 1.165) is 24.6 Å². The second-order valence-corrected chi connectivity index (χ2v) is 5.92. The minimum atomic E-state index is 0.692. The minimum Gasteiger partial charge on any atom is -0.497 e. The Labute approximate surface area is 133 Å². The maximum atomic E-state index is 5.95. The average molecular weight is 312 g/mol. The van der Waals surface area contributed by atoms with Crippen LogP contribution in [-0.2, 0) is 0 Å². The van der Waals surface area contributed by atoms with Gasteiger partial charge < -0.3 is 9.47 Å². The maximum absolute atomic E-state index is 5.95. The van der Waals surface area contributed by atoms with Gasteiger partial charge in [-0.3, -0.25) is 4.90 Å². The Kier molecular flexibility index (Phi) is 7.17. The number of benzene rings is 1. The molecule has 0 aliphatic heterocycles. The molecule has 0 amide bonds. The Morgan fingerprint density at radius 3 is 2.33 bits per heavy atom. The first kappa shape index (κ1) is 16.4. The summed E-state index contributed by atoms with van der Waals surface area (Å²) in [6.07, 6.45) is 6.69. The van der Waals surface area contributed by atoms with Crippen molar-refractivity contribution in [3.05, 3.63) is 24.3 Å². The van der Waals surface area contributed by atoms with E-state index in [4.69, 9.17) is 21.1 Å². The molecule has 0 spiro atoms. The smallest absolute Gasteiger partial charge is 0.119 e. The molecule has 0 bridgehead atoms. The summed E-state index contributed by atoms with van der Waals surface area (Å²) >= 11 is 5.95. The van der Waals surface area contributed by atoms with Crippen molar-refractivity contribution in [2.24, 2.45) is 0 Å². The molecule has 1 fully saturated rings. The summed E-state index contributed by atoms with van der Waals surface area (Å²) < 4.78 is 11.0. The van der Waals surface area contributed by atoms with E-state index in [1.807, 2.05) is 24.3 Å². The Bertz CT molecular complexity index is 390. The summed E-state index contributed by atoms with van der Waals surface area (Å²) in [6, 6.07) is 8.44. The molecule has 0 atom stereocenters. The third-order valence-electron chi connectivity index (χ3n) is 4.17. The summed E-state index contributed by atoms with van der Waals surface area (Å²) in [5, 5.41) is 0. The van der Waals surface area contributed by atoms with Crippen LogP contribution < -0.4 is 9.47 Å². The van der Waals surface area contributed by atoms with E-state index in [1.54, 1.807) is 7.11 Å². The Morgan fingerprint density at radius 2 is 1.71 bits per heavy atom. The summed E-state index contributed by atoms with van der Waals surface area (Å²) in [5.41, 5.74) is 0. The molecule has 0 saturated heterocycles. The van der Waals surface area contributed by atoms with Crippen molar-refractivity contribution in [1.82, 2.24) is 4.90 Å². The molecule has 0 radical (unpaired) electrons. The molecule has 3 nitrogen and oxygen atoms in total. The second kappa shape index (κ2) is 9.16. The highest BCUT2D eigenvalue weighted by Gasteiger charge is 2.20. The third-order valence-corrected chi connectivity index (χ3v) is 4.34. The van der Waals surface area contributed by atoms with Gasteiger partial charge in [-0.25, -0.2) is 0 Å². The molecule has 1 aliphatic rings. The van der Waals surface area contributed by atoms with Crippen LogP contribution in [0.5, 0.6) is 11.5 Å². The fourth-order valence-corrected chi connectivity index (χ4v) is 3.20. The SMILES string of the molecule is COc1ccc(OCCN(CCCl)C2CCCCC2)cc1. The summed E-state index contributed by atoms with van der Waals surface area (Å²) in [6.45, 7) is 2.61. The topological polar surface area (TPSA) is 21.7 Å². The van der Waals surface area contributed by atoms with Crippen LogP contribution >= 0.6 is 11.6 Å². The molecular weight excluding hydrogens is 286 g/mol. The Morgan fingerprint density at radius 1 is 1.05 bits per heavy atom. The van der Waals surface area contributed by atoms with E-state index in [0.29, 0.717) is 18.5 Å². The van der Waals surface area contributed by atoms with Gasteiger partial charge in [0.1, 0.15) is 18.1 Å². The molecule has 4 heteroatoms. The number of halogens is 1. The van der Waals surface area contributed by atoms with E-state index in [9.17, 15) is 0 Å². The molecule has 1 saturated carbocycles. The van der Waals surface area contributed by atoms with Crippen LogP contribution in [-0.4, -0.2) is 43.6 Å². The van der Waals surface area contributed by atoms with Crippen molar-refractivity contribution in [2.45, 2.75) is 38.1 Å².